The van der Waals surface area contributed by atoms with Crippen molar-refractivity contribution in [2.24, 2.45) is 5.73 Å². The number of para-hydroxylation sites is 1. The van der Waals surface area contributed by atoms with Gasteiger partial charge in [-0.1, -0.05) is 6.07 Å². The summed E-state index contributed by atoms with van der Waals surface area (Å²) in [6.45, 7) is 2.93. The van der Waals surface area contributed by atoms with Gasteiger partial charge in [0.2, 0.25) is 0 Å². The Bertz CT molecular complexity index is 629. The highest BCUT2D eigenvalue weighted by Crippen LogP contribution is 2.31. The van der Waals surface area contributed by atoms with Crippen LogP contribution in [0.5, 0.6) is 11.5 Å². The lowest BCUT2D eigenvalue weighted by Crippen LogP contribution is -2.27. The summed E-state index contributed by atoms with van der Waals surface area (Å²) < 4.78 is 11.0. The number of benzene rings is 1. The van der Waals surface area contributed by atoms with Gasteiger partial charge in [-0.05, 0) is 54.4 Å². The first-order valence-electron chi connectivity index (χ1n) is 7.50. The van der Waals surface area contributed by atoms with Crippen molar-refractivity contribution in [1.82, 2.24) is 5.32 Å². The second kappa shape index (κ2) is 8.55. The summed E-state index contributed by atoms with van der Waals surface area (Å²) in [6, 6.07) is 7.21. The largest absolute Gasteiger partial charge is 0.493 e. The number of rotatable bonds is 8. The molecule has 0 aliphatic heterocycles. The number of methoxy groups -OCH3 is 1. The number of amides is 1. The highest BCUT2D eigenvalue weighted by molar-refractivity contribution is 7.07. The summed E-state index contributed by atoms with van der Waals surface area (Å²) in [5, 5.41) is 7.00. The van der Waals surface area contributed by atoms with Crippen LogP contribution in [-0.4, -0.2) is 26.2 Å². The molecule has 1 atom stereocenters. The molecule has 23 heavy (non-hydrogen) atoms. The molecule has 2 rings (SSSR count). The molecule has 2 aromatic rings. The maximum atomic E-state index is 12.6. The molecule has 3 N–H and O–H groups in total. The van der Waals surface area contributed by atoms with Gasteiger partial charge in [0, 0.05) is 0 Å². The lowest BCUT2D eigenvalue weighted by Gasteiger charge is -2.17. The predicted molar refractivity (Wildman–Crippen MR) is 92.4 cm³/mol. The minimum atomic E-state index is -0.189. The monoisotopic (exact) mass is 334 g/mol. The molecule has 0 unspecified atom stereocenters. The number of hydrogen-bond donors (Lipinski definition) is 2. The molecule has 0 aliphatic carbocycles. The third kappa shape index (κ3) is 4.46. The molecule has 0 saturated heterocycles. The first-order valence-corrected chi connectivity index (χ1v) is 8.44. The topological polar surface area (TPSA) is 73.6 Å². The van der Waals surface area contributed by atoms with Crippen LogP contribution in [0.15, 0.2) is 35.0 Å². The Balaban J connectivity index is 2.17. The van der Waals surface area contributed by atoms with Crippen LogP contribution in [0.3, 0.4) is 0 Å². The fraction of sp³-hybridized carbons (Fsp3) is 0.353. The predicted octanol–water partition coefficient (Wildman–Crippen LogP) is 2.98. The Kier molecular flexibility index (Phi) is 6.43. The lowest BCUT2D eigenvalue weighted by atomic mass is 10.1. The van der Waals surface area contributed by atoms with Gasteiger partial charge in [0.15, 0.2) is 11.5 Å². The molecular formula is C17H22N2O3S. The Hall–Kier alpha value is -2.05. The zero-order valence-corrected chi connectivity index (χ0v) is 14.2. The molecule has 1 heterocycles. The maximum Gasteiger partial charge on any atom is 0.255 e. The van der Waals surface area contributed by atoms with Crippen molar-refractivity contribution >= 4 is 17.2 Å². The summed E-state index contributed by atoms with van der Waals surface area (Å²) in [7, 11) is 1.56. The van der Waals surface area contributed by atoms with Crippen molar-refractivity contribution in [3.8, 4) is 11.5 Å². The molecule has 5 nitrogen and oxygen atoms in total. The van der Waals surface area contributed by atoms with Crippen molar-refractivity contribution < 1.29 is 14.3 Å². The van der Waals surface area contributed by atoms with Crippen LogP contribution in [0.2, 0.25) is 0 Å². The zero-order valence-electron chi connectivity index (χ0n) is 13.4. The Morgan fingerprint density at radius 1 is 1.39 bits per heavy atom. The number of nitrogens with one attached hydrogen (secondary N) is 1. The van der Waals surface area contributed by atoms with Gasteiger partial charge in [-0.2, -0.15) is 11.3 Å². The van der Waals surface area contributed by atoms with Gasteiger partial charge in [0.05, 0.1) is 25.3 Å². The van der Waals surface area contributed by atoms with E-state index < -0.39 is 0 Å². The number of thiophene rings is 1. The van der Waals surface area contributed by atoms with Gasteiger partial charge in [-0.15, -0.1) is 0 Å². The molecule has 1 aromatic heterocycles. The van der Waals surface area contributed by atoms with Crippen LogP contribution >= 0.6 is 11.3 Å². The zero-order chi connectivity index (χ0) is 16.7. The summed E-state index contributed by atoms with van der Waals surface area (Å²) in [6.07, 6.45) is 0.713. The molecule has 0 aliphatic rings. The van der Waals surface area contributed by atoms with Crippen LogP contribution in [0.1, 0.15) is 35.3 Å². The van der Waals surface area contributed by atoms with E-state index in [4.69, 9.17) is 15.2 Å². The molecule has 0 bridgehead atoms. The highest BCUT2D eigenvalue weighted by Gasteiger charge is 2.19. The van der Waals surface area contributed by atoms with Gasteiger partial charge in [0.25, 0.3) is 5.91 Å². The van der Waals surface area contributed by atoms with E-state index in [2.05, 4.69) is 5.32 Å². The second-order valence-corrected chi connectivity index (χ2v) is 5.86. The Labute approximate surface area is 140 Å². The van der Waals surface area contributed by atoms with Crippen molar-refractivity contribution in [2.45, 2.75) is 19.4 Å². The third-order valence-electron chi connectivity index (χ3n) is 3.43. The normalized spacial score (nSPS) is 11.8. The average Bonchev–Trinajstić information content (AvgIpc) is 3.09. The fourth-order valence-corrected chi connectivity index (χ4v) is 2.90. The van der Waals surface area contributed by atoms with Crippen LogP contribution < -0.4 is 20.5 Å². The smallest absolute Gasteiger partial charge is 0.255 e. The maximum absolute atomic E-state index is 12.6. The van der Waals surface area contributed by atoms with Crippen molar-refractivity contribution in [3.63, 3.8) is 0 Å². The molecule has 0 saturated carbocycles. The molecule has 0 spiro atoms. The minimum Gasteiger partial charge on any atom is -0.493 e. The third-order valence-corrected chi connectivity index (χ3v) is 4.13. The fourth-order valence-electron chi connectivity index (χ4n) is 2.14. The van der Waals surface area contributed by atoms with Gasteiger partial charge >= 0.3 is 0 Å². The van der Waals surface area contributed by atoms with E-state index in [1.807, 2.05) is 23.8 Å². The summed E-state index contributed by atoms with van der Waals surface area (Å²) >= 11 is 1.61. The van der Waals surface area contributed by atoms with Crippen LogP contribution in [0.25, 0.3) is 0 Å². The lowest BCUT2D eigenvalue weighted by molar-refractivity contribution is 0.0935. The van der Waals surface area contributed by atoms with E-state index in [1.165, 1.54) is 0 Å². The summed E-state index contributed by atoms with van der Waals surface area (Å²) in [5.41, 5.74) is 7.03. The Morgan fingerprint density at radius 2 is 2.22 bits per heavy atom. The molecule has 124 valence electrons. The first kappa shape index (κ1) is 17.3. The quantitative estimate of drug-likeness (QED) is 0.728. The summed E-state index contributed by atoms with van der Waals surface area (Å²) in [4.78, 5) is 12.6. The Morgan fingerprint density at radius 3 is 2.87 bits per heavy atom. The SMILES string of the molecule is COc1cccc(C(=O)N[C@@H](C)c2ccsc2)c1OCCCN. The number of carbonyl (C=O) groups excluding carboxylic acids is 1. The van der Waals surface area contributed by atoms with Crippen LogP contribution in [-0.2, 0) is 0 Å². The molecule has 0 radical (unpaired) electrons. The molecular weight excluding hydrogens is 312 g/mol. The van der Waals surface area contributed by atoms with E-state index in [0.29, 0.717) is 36.6 Å². The molecule has 1 amide bonds. The number of nitrogens with two attached hydrogens (primary N) is 1. The van der Waals surface area contributed by atoms with Gasteiger partial charge < -0.3 is 20.5 Å². The van der Waals surface area contributed by atoms with E-state index in [0.717, 1.165) is 5.56 Å². The minimum absolute atomic E-state index is 0.0724. The number of ether oxygens (including phenoxy) is 2. The van der Waals surface area contributed by atoms with Crippen molar-refractivity contribution in [2.75, 3.05) is 20.3 Å². The molecule has 1 aromatic carbocycles. The van der Waals surface area contributed by atoms with E-state index >= 15 is 0 Å². The second-order valence-electron chi connectivity index (χ2n) is 5.08. The van der Waals surface area contributed by atoms with Crippen LogP contribution in [0.4, 0.5) is 0 Å². The van der Waals surface area contributed by atoms with E-state index in [1.54, 1.807) is 36.6 Å². The van der Waals surface area contributed by atoms with Gasteiger partial charge in [-0.3, -0.25) is 4.79 Å². The van der Waals surface area contributed by atoms with Crippen molar-refractivity contribution in [3.05, 3.63) is 46.2 Å². The summed E-state index contributed by atoms with van der Waals surface area (Å²) in [5.74, 6) is 0.807. The number of hydrogen-bond acceptors (Lipinski definition) is 5. The number of carbonyl (C=O) groups is 1. The standard InChI is InChI=1S/C17H22N2O3S/c1-12(13-7-10-23-11-13)19-17(20)14-5-3-6-15(21-2)16(14)22-9-4-8-18/h3,5-7,10-12H,4,8-9,18H2,1-2H3,(H,19,20)/t12-/m0/s1. The first-order chi connectivity index (χ1) is 11.2. The van der Waals surface area contributed by atoms with Gasteiger partial charge in [0.1, 0.15) is 0 Å². The van der Waals surface area contributed by atoms with Gasteiger partial charge in [-0.25, -0.2) is 0 Å². The highest BCUT2D eigenvalue weighted by atomic mass is 32.1. The molecule has 6 heteroatoms. The van der Waals surface area contributed by atoms with E-state index in [9.17, 15) is 4.79 Å². The van der Waals surface area contributed by atoms with E-state index in [-0.39, 0.29) is 11.9 Å². The molecule has 0 fully saturated rings. The average molecular weight is 334 g/mol. The van der Waals surface area contributed by atoms with Crippen LogP contribution in [0, 0.1) is 0 Å². The van der Waals surface area contributed by atoms with Crippen molar-refractivity contribution in [1.29, 1.82) is 0 Å².